The zero-order chi connectivity index (χ0) is 17.7. The van der Waals surface area contributed by atoms with Crippen LogP contribution in [0.1, 0.15) is 48.2 Å². The standard InChI is InChI=1S/C18H22ClNO4/c1-5-8-23-17-14(19)9-13(10-16(17)22-4)18(21)20-12(3)15-7-6-11(2)24-15/h6-7,9-10,12H,5,8H2,1-4H3,(H,20,21). The van der Waals surface area contributed by atoms with Crippen LogP contribution in [-0.2, 0) is 0 Å². The molecule has 1 amide bonds. The van der Waals surface area contributed by atoms with Crippen molar-refractivity contribution in [3.8, 4) is 11.5 Å². The predicted octanol–water partition coefficient (Wildman–Crippen LogP) is 4.53. The maximum Gasteiger partial charge on any atom is 0.252 e. The van der Waals surface area contributed by atoms with Gasteiger partial charge in [0, 0.05) is 5.56 Å². The van der Waals surface area contributed by atoms with Crippen LogP contribution in [0.3, 0.4) is 0 Å². The van der Waals surface area contributed by atoms with Gasteiger partial charge in [0.2, 0.25) is 0 Å². The van der Waals surface area contributed by atoms with Gasteiger partial charge in [-0.3, -0.25) is 4.79 Å². The maximum atomic E-state index is 12.5. The van der Waals surface area contributed by atoms with Crippen molar-refractivity contribution >= 4 is 17.5 Å². The molecule has 0 spiro atoms. The average molecular weight is 352 g/mol. The Morgan fingerprint density at radius 2 is 2.12 bits per heavy atom. The van der Waals surface area contributed by atoms with Gasteiger partial charge in [-0.15, -0.1) is 0 Å². The summed E-state index contributed by atoms with van der Waals surface area (Å²) in [5, 5.41) is 3.22. The van der Waals surface area contributed by atoms with E-state index in [1.807, 2.05) is 32.9 Å². The molecule has 0 saturated carbocycles. The molecule has 0 bridgehead atoms. The molecular formula is C18H22ClNO4. The van der Waals surface area contributed by atoms with Crippen molar-refractivity contribution in [1.82, 2.24) is 5.32 Å². The number of ether oxygens (including phenoxy) is 2. The van der Waals surface area contributed by atoms with Crippen molar-refractivity contribution in [3.05, 3.63) is 46.4 Å². The van der Waals surface area contributed by atoms with Crippen LogP contribution >= 0.6 is 11.6 Å². The smallest absolute Gasteiger partial charge is 0.252 e. The maximum absolute atomic E-state index is 12.5. The van der Waals surface area contributed by atoms with E-state index in [1.54, 1.807) is 12.1 Å². The Morgan fingerprint density at radius 1 is 1.38 bits per heavy atom. The molecule has 0 fully saturated rings. The van der Waals surface area contributed by atoms with Crippen LogP contribution in [0.4, 0.5) is 0 Å². The molecule has 1 heterocycles. The number of rotatable bonds is 7. The topological polar surface area (TPSA) is 60.7 Å². The lowest BCUT2D eigenvalue weighted by atomic mass is 10.1. The van der Waals surface area contributed by atoms with Gasteiger partial charge in [0.15, 0.2) is 11.5 Å². The third-order valence-corrected chi connectivity index (χ3v) is 3.76. The molecule has 0 aliphatic heterocycles. The van der Waals surface area contributed by atoms with Gasteiger partial charge in [-0.25, -0.2) is 0 Å². The second-order valence-corrected chi connectivity index (χ2v) is 5.89. The summed E-state index contributed by atoms with van der Waals surface area (Å²) in [5.41, 5.74) is 0.399. The fourth-order valence-corrected chi connectivity index (χ4v) is 2.50. The molecule has 1 aromatic carbocycles. The minimum Gasteiger partial charge on any atom is -0.493 e. The van der Waals surface area contributed by atoms with E-state index in [2.05, 4.69) is 5.32 Å². The number of hydrogen-bond acceptors (Lipinski definition) is 4. The van der Waals surface area contributed by atoms with Crippen LogP contribution in [0, 0.1) is 6.92 Å². The Kier molecular flexibility index (Phi) is 6.15. The Hall–Kier alpha value is -2.14. The Bertz CT molecular complexity index is 711. The van der Waals surface area contributed by atoms with Gasteiger partial charge < -0.3 is 19.2 Å². The zero-order valence-electron chi connectivity index (χ0n) is 14.3. The van der Waals surface area contributed by atoms with Crippen molar-refractivity contribution in [1.29, 1.82) is 0 Å². The second kappa shape index (κ2) is 8.11. The molecule has 0 radical (unpaired) electrons. The molecule has 130 valence electrons. The molecule has 1 atom stereocenters. The van der Waals surface area contributed by atoms with E-state index in [9.17, 15) is 4.79 Å². The van der Waals surface area contributed by atoms with Gasteiger partial charge in [-0.2, -0.15) is 0 Å². The first kappa shape index (κ1) is 18.2. The molecule has 6 heteroatoms. The van der Waals surface area contributed by atoms with Crippen molar-refractivity contribution in [2.75, 3.05) is 13.7 Å². The summed E-state index contributed by atoms with van der Waals surface area (Å²) < 4.78 is 16.4. The molecule has 0 aliphatic rings. The van der Waals surface area contributed by atoms with Crippen LogP contribution in [-0.4, -0.2) is 19.6 Å². The van der Waals surface area contributed by atoms with Crippen LogP contribution in [0.25, 0.3) is 0 Å². The van der Waals surface area contributed by atoms with E-state index < -0.39 is 0 Å². The van der Waals surface area contributed by atoms with Crippen LogP contribution in [0.5, 0.6) is 11.5 Å². The number of carbonyl (C=O) groups excluding carboxylic acids is 1. The lowest BCUT2D eigenvalue weighted by Crippen LogP contribution is -2.26. The van der Waals surface area contributed by atoms with Crippen LogP contribution < -0.4 is 14.8 Å². The molecule has 0 saturated heterocycles. The number of hydrogen-bond donors (Lipinski definition) is 1. The number of methoxy groups -OCH3 is 1. The lowest BCUT2D eigenvalue weighted by molar-refractivity contribution is 0.0934. The molecule has 1 aromatic heterocycles. The summed E-state index contributed by atoms with van der Waals surface area (Å²) in [5.74, 6) is 2.11. The van der Waals surface area contributed by atoms with Gasteiger partial charge in [-0.1, -0.05) is 18.5 Å². The highest BCUT2D eigenvalue weighted by Gasteiger charge is 2.18. The Labute approximate surface area is 146 Å². The fraction of sp³-hybridized carbons (Fsp3) is 0.389. The van der Waals surface area contributed by atoms with Crippen molar-refractivity contribution < 1.29 is 18.7 Å². The number of nitrogens with one attached hydrogen (secondary N) is 1. The van der Waals surface area contributed by atoms with E-state index in [-0.39, 0.29) is 11.9 Å². The largest absolute Gasteiger partial charge is 0.493 e. The van der Waals surface area contributed by atoms with Gasteiger partial charge >= 0.3 is 0 Å². The predicted molar refractivity (Wildman–Crippen MR) is 93.1 cm³/mol. The zero-order valence-corrected chi connectivity index (χ0v) is 15.1. The fourth-order valence-electron chi connectivity index (χ4n) is 2.23. The number of amides is 1. The van der Waals surface area contributed by atoms with Gasteiger partial charge in [0.25, 0.3) is 5.91 Å². The number of aryl methyl sites for hydroxylation is 1. The molecule has 2 aromatic rings. The molecule has 0 aliphatic carbocycles. The first-order valence-electron chi connectivity index (χ1n) is 7.83. The third kappa shape index (κ3) is 4.23. The third-order valence-electron chi connectivity index (χ3n) is 3.48. The summed E-state index contributed by atoms with van der Waals surface area (Å²) in [6.45, 7) is 6.24. The number of furan rings is 1. The summed E-state index contributed by atoms with van der Waals surface area (Å²) in [7, 11) is 1.51. The normalized spacial score (nSPS) is 11.9. The van der Waals surface area contributed by atoms with Crippen LogP contribution in [0.2, 0.25) is 5.02 Å². The molecular weight excluding hydrogens is 330 g/mol. The average Bonchev–Trinajstić information content (AvgIpc) is 2.99. The monoisotopic (exact) mass is 351 g/mol. The first-order chi connectivity index (χ1) is 11.5. The van der Waals surface area contributed by atoms with Crippen LogP contribution in [0.15, 0.2) is 28.7 Å². The van der Waals surface area contributed by atoms with Crippen molar-refractivity contribution in [2.24, 2.45) is 0 Å². The van der Waals surface area contributed by atoms with E-state index in [0.29, 0.717) is 34.5 Å². The number of carbonyl (C=O) groups is 1. The second-order valence-electron chi connectivity index (χ2n) is 5.48. The summed E-state index contributed by atoms with van der Waals surface area (Å²) in [6, 6.07) is 6.64. The van der Waals surface area contributed by atoms with E-state index in [4.69, 9.17) is 25.5 Å². The van der Waals surface area contributed by atoms with Crippen molar-refractivity contribution in [3.63, 3.8) is 0 Å². The van der Waals surface area contributed by atoms with Gasteiger partial charge in [0.05, 0.1) is 24.8 Å². The number of halogens is 1. The van der Waals surface area contributed by atoms with Gasteiger partial charge in [0.1, 0.15) is 11.5 Å². The summed E-state index contributed by atoms with van der Waals surface area (Å²) >= 11 is 6.25. The van der Waals surface area contributed by atoms with Crippen molar-refractivity contribution in [2.45, 2.75) is 33.2 Å². The minimum atomic E-state index is -0.265. The molecule has 1 unspecified atom stereocenters. The SMILES string of the molecule is CCCOc1c(Cl)cc(C(=O)NC(C)c2ccc(C)o2)cc1OC. The highest BCUT2D eigenvalue weighted by atomic mass is 35.5. The Morgan fingerprint density at radius 3 is 2.71 bits per heavy atom. The molecule has 1 N–H and O–H groups in total. The molecule has 2 rings (SSSR count). The lowest BCUT2D eigenvalue weighted by Gasteiger charge is -2.15. The van der Waals surface area contributed by atoms with Gasteiger partial charge in [-0.05, 0) is 44.5 Å². The van der Waals surface area contributed by atoms with E-state index >= 15 is 0 Å². The molecule has 24 heavy (non-hydrogen) atoms. The van der Waals surface area contributed by atoms with E-state index in [1.165, 1.54) is 7.11 Å². The molecule has 5 nitrogen and oxygen atoms in total. The number of benzene rings is 1. The Balaban J connectivity index is 2.18. The highest BCUT2D eigenvalue weighted by molar-refractivity contribution is 6.32. The minimum absolute atomic E-state index is 0.257. The quantitative estimate of drug-likeness (QED) is 0.796. The summed E-state index contributed by atoms with van der Waals surface area (Å²) in [4.78, 5) is 12.5. The highest BCUT2D eigenvalue weighted by Crippen LogP contribution is 2.36. The van der Waals surface area contributed by atoms with E-state index in [0.717, 1.165) is 12.2 Å². The summed E-state index contributed by atoms with van der Waals surface area (Å²) in [6.07, 6.45) is 0.849. The first-order valence-corrected chi connectivity index (χ1v) is 8.21.